The van der Waals surface area contributed by atoms with Crippen LogP contribution in [0.25, 0.3) is 11.0 Å². The van der Waals surface area contributed by atoms with E-state index in [1.165, 1.54) is 0 Å². The fourth-order valence-corrected chi connectivity index (χ4v) is 4.93. The van der Waals surface area contributed by atoms with E-state index in [0.29, 0.717) is 35.5 Å². The van der Waals surface area contributed by atoms with E-state index in [4.69, 9.17) is 4.42 Å². The number of amides is 1. The van der Waals surface area contributed by atoms with Crippen molar-refractivity contribution >= 4 is 26.9 Å². The number of fused-ring (bicyclic) bond motifs is 1. The van der Waals surface area contributed by atoms with Gasteiger partial charge in [-0.05, 0) is 56.7 Å². The van der Waals surface area contributed by atoms with Crippen LogP contribution in [-0.2, 0) is 10.0 Å². The molecule has 7 heteroatoms. The number of furan rings is 1. The summed E-state index contributed by atoms with van der Waals surface area (Å²) in [5, 5.41) is 3.59. The second kappa shape index (κ2) is 6.39. The number of aryl methyl sites for hydroxylation is 1. The molecule has 26 heavy (non-hydrogen) atoms. The molecule has 0 bridgehead atoms. The Morgan fingerprint density at radius 2 is 1.88 bits per heavy atom. The van der Waals surface area contributed by atoms with Crippen molar-refractivity contribution < 1.29 is 17.6 Å². The van der Waals surface area contributed by atoms with Gasteiger partial charge in [-0.25, -0.2) is 8.42 Å². The van der Waals surface area contributed by atoms with Gasteiger partial charge in [0.05, 0.1) is 4.90 Å². The number of piperidine rings is 1. The Morgan fingerprint density at radius 1 is 1.19 bits per heavy atom. The molecule has 1 aromatic heterocycles. The third-order valence-corrected chi connectivity index (χ3v) is 7.30. The molecule has 0 radical (unpaired) electrons. The molecule has 0 unspecified atom stereocenters. The number of hydrogen-bond donors (Lipinski definition) is 1. The molecule has 4 rings (SSSR count). The van der Waals surface area contributed by atoms with Gasteiger partial charge in [-0.2, -0.15) is 4.31 Å². The second-order valence-electron chi connectivity index (χ2n) is 7.55. The lowest BCUT2D eigenvalue weighted by atomic mass is 10.0. The summed E-state index contributed by atoms with van der Waals surface area (Å²) in [6.45, 7) is 5.06. The van der Waals surface area contributed by atoms with E-state index in [0.717, 1.165) is 25.7 Å². The lowest BCUT2D eigenvalue weighted by molar-refractivity contribution is 0.0924. The molecular weight excluding hydrogens is 352 g/mol. The second-order valence-corrected chi connectivity index (χ2v) is 9.49. The van der Waals surface area contributed by atoms with Crippen molar-refractivity contribution in [1.29, 1.82) is 0 Å². The zero-order valence-electron chi connectivity index (χ0n) is 15.1. The van der Waals surface area contributed by atoms with Crippen LogP contribution >= 0.6 is 0 Å². The quantitative estimate of drug-likeness (QED) is 0.889. The van der Waals surface area contributed by atoms with Crippen LogP contribution in [0.1, 0.15) is 48.7 Å². The summed E-state index contributed by atoms with van der Waals surface area (Å²) in [5.41, 5.74) is 1.22. The van der Waals surface area contributed by atoms with Crippen molar-refractivity contribution in [1.82, 2.24) is 9.62 Å². The molecule has 1 amide bonds. The van der Waals surface area contributed by atoms with Gasteiger partial charge in [0.1, 0.15) is 5.58 Å². The van der Waals surface area contributed by atoms with Crippen molar-refractivity contribution in [2.75, 3.05) is 13.1 Å². The summed E-state index contributed by atoms with van der Waals surface area (Å²) in [5.74, 6) is 0.608. The normalized spacial score (nSPS) is 19.8. The molecular formula is C19H24N2O4S. The van der Waals surface area contributed by atoms with Crippen LogP contribution in [0.5, 0.6) is 0 Å². The smallest absolute Gasteiger partial charge is 0.287 e. The van der Waals surface area contributed by atoms with E-state index < -0.39 is 10.0 Å². The van der Waals surface area contributed by atoms with E-state index >= 15 is 0 Å². The van der Waals surface area contributed by atoms with E-state index in [2.05, 4.69) is 12.2 Å². The summed E-state index contributed by atoms with van der Waals surface area (Å²) in [6.07, 6.45) is 3.78. The number of benzene rings is 1. The maximum absolute atomic E-state index is 13.0. The van der Waals surface area contributed by atoms with E-state index in [9.17, 15) is 13.2 Å². The Hall–Kier alpha value is -1.86. The summed E-state index contributed by atoms with van der Waals surface area (Å²) in [7, 11) is -3.52. The largest absolute Gasteiger partial charge is 0.451 e. The molecule has 6 nitrogen and oxygen atoms in total. The molecule has 1 saturated carbocycles. The van der Waals surface area contributed by atoms with Crippen molar-refractivity contribution in [3.05, 3.63) is 29.5 Å². The third-order valence-electron chi connectivity index (χ3n) is 5.41. The molecule has 0 atom stereocenters. The number of nitrogens with zero attached hydrogens (tertiary/aromatic N) is 1. The highest BCUT2D eigenvalue weighted by atomic mass is 32.2. The predicted octanol–water partition coefficient (Wildman–Crippen LogP) is 3.05. The van der Waals surface area contributed by atoms with Gasteiger partial charge in [0, 0.05) is 30.1 Å². The maximum Gasteiger partial charge on any atom is 0.287 e. The third kappa shape index (κ3) is 3.14. The summed E-state index contributed by atoms with van der Waals surface area (Å²) in [4.78, 5) is 12.6. The summed E-state index contributed by atoms with van der Waals surface area (Å²) >= 11 is 0. The minimum atomic E-state index is -3.52. The number of rotatable bonds is 4. The van der Waals surface area contributed by atoms with Crippen molar-refractivity contribution in [3.63, 3.8) is 0 Å². The highest BCUT2D eigenvalue weighted by molar-refractivity contribution is 7.89. The predicted molar refractivity (Wildman–Crippen MR) is 98.6 cm³/mol. The highest BCUT2D eigenvalue weighted by Gasteiger charge is 2.30. The molecule has 2 aromatic rings. The average molecular weight is 376 g/mol. The van der Waals surface area contributed by atoms with Crippen LogP contribution in [0.2, 0.25) is 0 Å². The van der Waals surface area contributed by atoms with Crippen LogP contribution < -0.4 is 5.32 Å². The SMILES string of the molecule is Cc1c(C(=O)NC2CC2)oc2ccc(S(=O)(=O)N3CCC(C)CC3)cc12. The van der Waals surface area contributed by atoms with E-state index in [1.54, 1.807) is 29.4 Å². The Kier molecular flexibility index (Phi) is 4.31. The lowest BCUT2D eigenvalue weighted by Crippen LogP contribution is -2.37. The van der Waals surface area contributed by atoms with Crippen LogP contribution in [-0.4, -0.2) is 37.8 Å². The zero-order valence-corrected chi connectivity index (χ0v) is 15.9. The van der Waals surface area contributed by atoms with Crippen LogP contribution in [0, 0.1) is 12.8 Å². The molecule has 2 fully saturated rings. The molecule has 1 aromatic carbocycles. The molecule has 1 aliphatic carbocycles. The van der Waals surface area contributed by atoms with Crippen LogP contribution in [0.15, 0.2) is 27.5 Å². The Bertz CT molecular complexity index is 951. The fraction of sp³-hybridized carbons (Fsp3) is 0.526. The number of carbonyl (C=O) groups is 1. The first kappa shape index (κ1) is 17.5. The molecule has 1 aliphatic heterocycles. The van der Waals surface area contributed by atoms with Gasteiger partial charge in [0.2, 0.25) is 10.0 Å². The Morgan fingerprint density at radius 3 is 2.54 bits per heavy atom. The highest BCUT2D eigenvalue weighted by Crippen LogP contribution is 2.31. The van der Waals surface area contributed by atoms with Gasteiger partial charge in [-0.1, -0.05) is 6.92 Å². The summed E-state index contributed by atoms with van der Waals surface area (Å²) in [6, 6.07) is 5.10. The molecule has 140 valence electrons. The number of nitrogens with one attached hydrogen (secondary N) is 1. The van der Waals surface area contributed by atoms with Crippen LogP contribution in [0.3, 0.4) is 0 Å². The Labute approximate surface area is 153 Å². The minimum absolute atomic E-state index is 0.226. The van der Waals surface area contributed by atoms with Gasteiger partial charge in [-0.15, -0.1) is 0 Å². The monoisotopic (exact) mass is 376 g/mol. The fourth-order valence-electron chi connectivity index (χ4n) is 3.43. The van der Waals surface area contributed by atoms with Gasteiger partial charge in [0.15, 0.2) is 5.76 Å². The zero-order chi connectivity index (χ0) is 18.5. The maximum atomic E-state index is 13.0. The number of sulfonamides is 1. The number of carbonyl (C=O) groups excluding carboxylic acids is 1. The topological polar surface area (TPSA) is 79.6 Å². The first-order chi connectivity index (χ1) is 12.4. The standard InChI is InChI=1S/C19H24N2O4S/c1-12-7-9-21(10-8-12)26(23,24)15-5-6-17-16(11-15)13(2)18(25-17)19(22)20-14-3-4-14/h5-6,11-12,14H,3-4,7-10H2,1-2H3,(H,20,22). The van der Waals surface area contributed by atoms with Crippen molar-refractivity contribution in [2.45, 2.75) is 50.5 Å². The Balaban J connectivity index is 1.66. The van der Waals surface area contributed by atoms with Gasteiger partial charge in [-0.3, -0.25) is 4.79 Å². The molecule has 1 saturated heterocycles. The first-order valence-electron chi connectivity index (χ1n) is 9.20. The molecule has 2 aliphatic rings. The van der Waals surface area contributed by atoms with Crippen LogP contribution in [0.4, 0.5) is 0 Å². The first-order valence-corrected chi connectivity index (χ1v) is 10.6. The minimum Gasteiger partial charge on any atom is -0.451 e. The van der Waals surface area contributed by atoms with Gasteiger partial charge < -0.3 is 9.73 Å². The van der Waals surface area contributed by atoms with E-state index in [-0.39, 0.29) is 22.6 Å². The molecule has 2 heterocycles. The lowest BCUT2D eigenvalue weighted by Gasteiger charge is -2.29. The molecule has 1 N–H and O–H groups in total. The van der Waals surface area contributed by atoms with Gasteiger partial charge in [0.25, 0.3) is 5.91 Å². The number of hydrogen-bond acceptors (Lipinski definition) is 4. The average Bonchev–Trinajstić information content (AvgIpc) is 3.37. The summed E-state index contributed by atoms with van der Waals surface area (Å²) < 4.78 is 33.2. The van der Waals surface area contributed by atoms with Gasteiger partial charge >= 0.3 is 0 Å². The molecule has 0 spiro atoms. The van der Waals surface area contributed by atoms with Crippen molar-refractivity contribution in [3.8, 4) is 0 Å². The van der Waals surface area contributed by atoms with E-state index in [1.807, 2.05) is 0 Å². The van der Waals surface area contributed by atoms with Crippen molar-refractivity contribution in [2.24, 2.45) is 5.92 Å².